The number of rotatable bonds is 3. The number of carbonyl (C=O) groups is 1. The Kier molecular flexibility index (Phi) is 2.87. The minimum Gasteiger partial charge on any atom is -0.478 e. The fourth-order valence-electron chi connectivity index (χ4n) is 1.99. The van der Waals surface area contributed by atoms with Gasteiger partial charge in [0, 0.05) is 17.7 Å². The van der Waals surface area contributed by atoms with E-state index in [9.17, 15) is 14.9 Å². The Morgan fingerprint density at radius 2 is 1.95 bits per heavy atom. The quantitative estimate of drug-likeness (QED) is 0.585. The van der Waals surface area contributed by atoms with Gasteiger partial charge in [-0.2, -0.15) is 0 Å². The molecule has 0 radical (unpaired) electrons. The third kappa shape index (κ3) is 2.20. The fourth-order valence-corrected chi connectivity index (χ4v) is 1.99. The van der Waals surface area contributed by atoms with Gasteiger partial charge in [0.1, 0.15) is 11.1 Å². The van der Waals surface area contributed by atoms with E-state index in [1.54, 1.807) is 24.3 Å². The Labute approximate surface area is 117 Å². The number of carboxylic acids is 1. The zero-order valence-electron chi connectivity index (χ0n) is 10.5. The van der Waals surface area contributed by atoms with Crippen molar-refractivity contribution in [2.45, 2.75) is 0 Å². The van der Waals surface area contributed by atoms with E-state index in [0.717, 1.165) is 6.07 Å². The maximum atomic E-state index is 11.2. The molecule has 104 valence electrons. The maximum absolute atomic E-state index is 11.2. The minimum absolute atomic E-state index is 0.0203. The van der Waals surface area contributed by atoms with Crippen molar-refractivity contribution in [3.63, 3.8) is 0 Å². The summed E-state index contributed by atoms with van der Waals surface area (Å²) in [6.45, 7) is 0. The van der Waals surface area contributed by atoms with Crippen LogP contribution >= 0.6 is 0 Å². The zero-order valence-corrected chi connectivity index (χ0v) is 10.5. The number of oxazole rings is 1. The molecule has 1 N–H and O–H groups in total. The van der Waals surface area contributed by atoms with Crippen LogP contribution < -0.4 is 0 Å². The number of aromatic carboxylic acids is 1. The lowest BCUT2D eigenvalue weighted by molar-refractivity contribution is -0.384. The molecule has 0 aliphatic rings. The number of carboxylic acid groups (broad SMARTS) is 1. The molecule has 3 rings (SSSR count). The first-order valence-electron chi connectivity index (χ1n) is 5.94. The van der Waals surface area contributed by atoms with Crippen LogP contribution in [-0.4, -0.2) is 21.0 Å². The standard InChI is InChI=1S/C14H8N2O5/c17-14(18)10-6-9(16(19)20)7-11-12(10)21-13(15-11)8-4-2-1-3-5-8/h1-7H,(H,17,18). The molecule has 1 heterocycles. The van der Waals surface area contributed by atoms with Gasteiger partial charge in [-0.05, 0) is 12.1 Å². The summed E-state index contributed by atoms with van der Waals surface area (Å²) in [5, 5.41) is 20.0. The average molecular weight is 284 g/mol. The summed E-state index contributed by atoms with van der Waals surface area (Å²) >= 11 is 0. The number of hydrogen-bond acceptors (Lipinski definition) is 5. The smallest absolute Gasteiger partial charge is 0.339 e. The van der Waals surface area contributed by atoms with E-state index in [0.29, 0.717) is 5.56 Å². The highest BCUT2D eigenvalue weighted by atomic mass is 16.6. The Bertz CT molecular complexity index is 854. The second-order valence-corrected chi connectivity index (χ2v) is 4.29. The summed E-state index contributed by atoms with van der Waals surface area (Å²) in [7, 11) is 0. The lowest BCUT2D eigenvalue weighted by atomic mass is 10.2. The molecule has 3 aromatic rings. The molecular formula is C14H8N2O5. The highest BCUT2D eigenvalue weighted by Crippen LogP contribution is 2.30. The molecule has 0 atom stereocenters. The predicted molar refractivity (Wildman–Crippen MR) is 73.1 cm³/mol. The van der Waals surface area contributed by atoms with Crippen molar-refractivity contribution < 1.29 is 19.2 Å². The van der Waals surface area contributed by atoms with Crippen molar-refractivity contribution >= 4 is 22.8 Å². The van der Waals surface area contributed by atoms with Gasteiger partial charge in [0.2, 0.25) is 5.89 Å². The fraction of sp³-hybridized carbons (Fsp3) is 0. The molecule has 0 unspecified atom stereocenters. The van der Waals surface area contributed by atoms with E-state index in [1.807, 2.05) is 6.07 Å². The third-order valence-electron chi connectivity index (χ3n) is 2.94. The molecule has 21 heavy (non-hydrogen) atoms. The maximum Gasteiger partial charge on any atom is 0.339 e. The molecule has 0 spiro atoms. The van der Waals surface area contributed by atoms with E-state index in [2.05, 4.69) is 4.98 Å². The van der Waals surface area contributed by atoms with Crippen LogP contribution in [0.2, 0.25) is 0 Å². The number of fused-ring (bicyclic) bond motifs is 1. The Hall–Kier alpha value is -3.22. The van der Waals surface area contributed by atoms with Crippen LogP contribution in [0.15, 0.2) is 46.9 Å². The van der Waals surface area contributed by atoms with Crippen molar-refractivity contribution in [3.05, 3.63) is 58.1 Å². The van der Waals surface area contributed by atoms with E-state index in [1.165, 1.54) is 6.07 Å². The molecule has 0 fully saturated rings. The van der Waals surface area contributed by atoms with Crippen LogP contribution in [0.25, 0.3) is 22.6 Å². The van der Waals surface area contributed by atoms with Crippen molar-refractivity contribution in [1.82, 2.24) is 4.98 Å². The van der Waals surface area contributed by atoms with Crippen LogP contribution in [0.3, 0.4) is 0 Å². The average Bonchev–Trinajstić information content (AvgIpc) is 2.90. The molecule has 0 saturated heterocycles. The van der Waals surface area contributed by atoms with E-state index < -0.39 is 10.9 Å². The number of nitrogens with zero attached hydrogens (tertiary/aromatic N) is 2. The zero-order chi connectivity index (χ0) is 15.0. The van der Waals surface area contributed by atoms with Gasteiger partial charge in [-0.15, -0.1) is 0 Å². The first-order valence-corrected chi connectivity index (χ1v) is 5.94. The summed E-state index contributed by atoms with van der Waals surface area (Å²) in [4.78, 5) is 25.5. The summed E-state index contributed by atoms with van der Waals surface area (Å²) in [6, 6.07) is 11.0. The monoisotopic (exact) mass is 284 g/mol. The number of benzene rings is 2. The van der Waals surface area contributed by atoms with E-state index >= 15 is 0 Å². The minimum atomic E-state index is -1.31. The Morgan fingerprint density at radius 3 is 2.57 bits per heavy atom. The molecule has 0 aliphatic heterocycles. The van der Waals surface area contributed by atoms with Crippen molar-refractivity contribution in [3.8, 4) is 11.5 Å². The van der Waals surface area contributed by atoms with Gasteiger partial charge in [-0.1, -0.05) is 18.2 Å². The highest BCUT2D eigenvalue weighted by molar-refractivity contribution is 6.01. The van der Waals surface area contributed by atoms with E-state index in [4.69, 9.17) is 9.52 Å². The summed E-state index contributed by atoms with van der Waals surface area (Å²) in [5.74, 6) is -1.09. The molecule has 1 aromatic heterocycles. The van der Waals surface area contributed by atoms with Crippen LogP contribution in [0, 0.1) is 10.1 Å². The van der Waals surface area contributed by atoms with Gasteiger partial charge in [-0.3, -0.25) is 10.1 Å². The molecule has 2 aromatic carbocycles. The number of aromatic nitrogens is 1. The van der Waals surface area contributed by atoms with Crippen molar-refractivity contribution in [1.29, 1.82) is 0 Å². The Morgan fingerprint density at radius 1 is 1.24 bits per heavy atom. The first-order chi connectivity index (χ1) is 10.1. The summed E-state index contributed by atoms with van der Waals surface area (Å²) in [6.07, 6.45) is 0. The third-order valence-corrected chi connectivity index (χ3v) is 2.94. The van der Waals surface area contributed by atoms with Crippen molar-refractivity contribution in [2.24, 2.45) is 0 Å². The molecule has 0 amide bonds. The molecular weight excluding hydrogens is 276 g/mol. The lowest BCUT2D eigenvalue weighted by Crippen LogP contribution is -1.99. The van der Waals surface area contributed by atoms with E-state index in [-0.39, 0.29) is 28.2 Å². The topological polar surface area (TPSA) is 106 Å². The summed E-state index contributed by atoms with van der Waals surface area (Å²) in [5.41, 5.74) is 0.196. The van der Waals surface area contributed by atoms with Gasteiger partial charge < -0.3 is 9.52 Å². The van der Waals surface area contributed by atoms with Crippen LogP contribution in [0.1, 0.15) is 10.4 Å². The predicted octanol–water partition coefficient (Wildman–Crippen LogP) is 3.10. The van der Waals surface area contributed by atoms with Gasteiger partial charge >= 0.3 is 5.97 Å². The first kappa shape index (κ1) is 12.8. The number of hydrogen-bond donors (Lipinski definition) is 1. The largest absolute Gasteiger partial charge is 0.478 e. The SMILES string of the molecule is O=C(O)c1cc([N+](=O)[O-])cc2nc(-c3ccccc3)oc12. The Balaban J connectivity index is 2.27. The van der Waals surface area contributed by atoms with Crippen LogP contribution in [0.5, 0.6) is 0 Å². The van der Waals surface area contributed by atoms with Crippen LogP contribution in [0.4, 0.5) is 5.69 Å². The number of non-ortho nitro benzene ring substituents is 1. The van der Waals surface area contributed by atoms with Gasteiger partial charge in [0.05, 0.1) is 4.92 Å². The van der Waals surface area contributed by atoms with Gasteiger partial charge in [0.15, 0.2) is 5.58 Å². The number of nitro benzene ring substituents is 1. The summed E-state index contributed by atoms with van der Waals surface area (Å²) < 4.78 is 5.47. The van der Waals surface area contributed by atoms with Crippen molar-refractivity contribution in [2.75, 3.05) is 0 Å². The van der Waals surface area contributed by atoms with Gasteiger partial charge in [-0.25, -0.2) is 9.78 Å². The highest BCUT2D eigenvalue weighted by Gasteiger charge is 2.21. The normalized spacial score (nSPS) is 10.7. The second kappa shape index (κ2) is 4.71. The van der Waals surface area contributed by atoms with Crippen LogP contribution in [-0.2, 0) is 0 Å². The molecule has 7 heteroatoms. The molecule has 7 nitrogen and oxygen atoms in total. The molecule has 0 bridgehead atoms. The molecule has 0 saturated carbocycles. The molecule has 0 aliphatic carbocycles. The lowest BCUT2D eigenvalue weighted by Gasteiger charge is -1.96. The second-order valence-electron chi connectivity index (χ2n) is 4.29. The van der Waals surface area contributed by atoms with Gasteiger partial charge in [0.25, 0.3) is 5.69 Å². The number of nitro groups is 1.